The number of nitrogens with zero attached hydrogens (tertiary/aromatic N) is 1. The van der Waals surface area contributed by atoms with Crippen LogP contribution in [0.15, 0.2) is 12.3 Å². The SMILES string of the molecule is CCCc1[c]c(C)ccn1. The van der Waals surface area contributed by atoms with Crippen molar-refractivity contribution in [3.8, 4) is 0 Å². The molecule has 0 amide bonds. The Morgan fingerprint density at radius 3 is 3.00 bits per heavy atom. The standard InChI is InChI=1S/C9H12N/c1-3-4-9-7-8(2)5-6-10-9/h5-6H,3-4H2,1-2H3. The quantitative estimate of drug-likeness (QED) is 0.604. The van der Waals surface area contributed by atoms with Crippen molar-refractivity contribution >= 4 is 0 Å². The van der Waals surface area contributed by atoms with E-state index in [1.807, 2.05) is 19.2 Å². The normalized spacial score (nSPS) is 9.80. The van der Waals surface area contributed by atoms with Gasteiger partial charge >= 0.3 is 0 Å². The van der Waals surface area contributed by atoms with Crippen molar-refractivity contribution in [3.63, 3.8) is 0 Å². The zero-order valence-electron chi connectivity index (χ0n) is 6.52. The summed E-state index contributed by atoms with van der Waals surface area (Å²) in [5.41, 5.74) is 2.26. The molecule has 0 saturated carbocycles. The first-order chi connectivity index (χ1) is 4.83. The summed E-state index contributed by atoms with van der Waals surface area (Å²) in [5, 5.41) is 0. The summed E-state index contributed by atoms with van der Waals surface area (Å²) in [6, 6.07) is 5.17. The van der Waals surface area contributed by atoms with Crippen LogP contribution in [-0.2, 0) is 6.42 Å². The van der Waals surface area contributed by atoms with Gasteiger partial charge in [-0.15, -0.1) is 0 Å². The van der Waals surface area contributed by atoms with Gasteiger partial charge in [0, 0.05) is 18.0 Å². The van der Waals surface area contributed by atoms with Gasteiger partial charge in [-0.2, -0.15) is 0 Å². The Morgan fingerprint density at radius 2 is 2.40 bits per heavy atom. The maximum atomic E-state index is 4.17. The second-order valence-electron chi connectivity index (χ2n) is 2.45. The van der Waals surface area contributed by atoms with E-state index in [1.54, 1.807) is 0 Å². The summed E-state index contributed by atoms with van der Waals surface area (Å²) in [6.45, 7) is 4.19. The molecule has 0 aromatic carbocycles. The minimum atomic E-state index is 1.04. The van der Waals surface area contributed by atoms with E-state index >= 15 is 0 Å². The summed E-state index contributed by atoms with van der Waals surface area (Å²) >= 11 is 0. The predicted octanol–water partition coefficient (Wildman–Crippen LogP) is 2.14. The van der Waals surface area contributed by atoms with E-state index in [4.69, 9.17) is 0 Å². The van der Waals surface area contributed by atoms with Crippen LogP contribution < -0.4 is 0 Å². The molecule has 1 nitrogen and oxygen atoms in total. The molecular formula is C9H12N. The van der Waals surface area contributed by atoms with Gasteiger partial charge < -0.3 is 0 Å². The van der Waals surface area contributed by atoms with Crippen LogP contribution in [0.5, 0.6) is 0 Å². The van der Waals surface area contributed by atoms with Gasteiger partial charge in [0.05, 0.1) is 0 Å². The molecule has 0 aliphatic rings. The van der Waals surface area contributed by atoms with Crippen molar-refractivity contribution in [1.29, 1.82) is 0 Å². The van der Waals surface area contributed by atoms with Crippen LogP contribution in [-0.4, -0.2) is 4.98 Å². The van der Waals surface area contributed by atoms with E-state index in [0.717, 1.165) is 18.5 Å². The van der Waals surface area contributed by atoms with Crippen molar-refractivity contribution in [2.24, 2.45) is 0 Å². The number of aryl methyl sites for hydroxylation is 2. The molecule has 0 aliphatic heterocycles. The molecule has 10 heavy (non-hydrogen) atoms. The Morgan fingerprint density at radius 1 is 1.60 bits per heavy atom. The number of hydrogen-bond acceptors (Lipinski definition) is 1. The lowest BCUT2D eigenvalue weighted by Gasteiger charge is -1.96. The number of pyridine rings is 1. The molecule has 0 unspecified atom stereocenters. The average molecular weight is 134 g/mol. The Labute approximate surface area is 62.1 Å². The van der Waals surface area contributed by atoms with E-state index in [1.165, 1.54) is 5.56 Å². The fourth-order valence-electron chi connectivity index (χ4n) is 0.904. The second-order valence-corrected chi connectivity index (χ2v) is 2.45. The highest BCUT2D eigenvalue weighted by atomic mass is 14.7. The molecule has 1 aromatic heterocycles. The molecule has 0 atom stereocenters. The monoisotopic (exact) mass is 134 g/mol. The van der Waals surface area contributed by atoms with Gasteiger partial charge in [0.15, 0.2) is 0 Å². The Bertz CT molecular complexity index is 206. The smallest absolute Gasteiger partial charge is 0.0485 e. The van der Waals surface area contributed by atoms with Crippen molar-refractivity contribution in [2.75, 3.05) is 0 Å². The molecule has 1 aromatic rings. The molecule has 1 heterocycles. The molecule has 1 rings (SSSR count). The first kappa shape index (κ1) is 7.26. The lowest BCUT2D eigenvalue weighted by atomic mass is 10.2. The van der Waals surface area contributed by atoms with Crippen molar-refractivity contribution in [3.05, 3.63) is 29.6 Å². The van der Waals surface area contributed by atoms with Gasteiger partial charge in [0.2, 0.25) is 0 Å². The first-order valence-corrected chi connectivity index (χ1v) is 3.66. The summed E-state index contributed by atoms with van der Waals surface area (Å²) in [6.07, 6.45) is 4.03. The summed E-state index contributed by atoms with van der Waals surface area (Å²) < 4.78 is 0. The summed E-state index contributed by atoms with van der Waals surface area (Å²) in [5.74, 6) is 0. The van der Waals surface area contributed by atoms with Gasteiger partial charge in [0.1, 0.15) is 0 Å². The maximum absolute atomic E-state index is 4.17. The zero-order valence-corrected chi connectivity index (χ0v) is 6.52. The van der Waals surface area contributed by atoms with Crippen molar-refractivity contribution < 1.29 is 0 Å². The Hall–Kier alpha value is -0.850. The van der Waals surface area contributed by atoms with E-state index < -0.39 is 0 Å². The van der Waals surface area contributed by atoms with Crippen molar-refractivity contribution in [2.45, 2.75) is 26.7 Å². The minimum absolute atomic E-state index is 1.04. The molecule has 0 aliphatic carbocycles. The highest BCUT2D eigenvalue weighted by Gasteiger charge is 1.91. The molecule has 0 N–H and O–H groups in total. The van der Waals surface area contributed by atoms with E-state index in [2.05, 4.69) is 18.0 Å². The van der Waals surface area contributed by atoms with Crippen LogP contribution >= 0.6 is 0 Å². The van der Waals surface area contributed by atoms with E-state index in [0.29, 0.717) is 0 Å². The average Bonchev–Trinajstić information content (AvgIpc) is 1.88. The summed E-state index contributed by atoms with van der Waals surface area (Å²) in [7, 11) is 0. The van der Waals surface area contributed by atoms with Crippen LogP contribution in [0.1, 0.15) is 24.6 Å². The highest BCUT2D eigenvalue weighted by Crippen LogP contribution is 2.00. The Balaban J connectivity index is 2.75. The third kappa shape index (κ3) is 1.83. The van der Waals surface area contributed by atoms with Crippen LogP contribution in [0.4, 0.5) is 0 Å². The highest BCUT2D eigenvalue weighted by molar-refractivity contribution is 5.12. The predicted molar refractivity (Wildman–Crippen MR) is 41.8 cm³/mol. The van der Waals surface area contributed by atoms with Gasteiger partial charge in [0.25, 0.3) is 0 Å². The van der Waals surface area contributed by atoms with Crippen LogP contribution in [0.2, 0.25) is 0 Å². The molecule has 1 radical (unpaired) electrons. The molecular weight excluding hydrogens is 122 g/mol. The van der Waals surface area contributed by atoms with Gasteiger partial charge in [-0.1, -0.05) is 13.3 Å². The topological polar surface area (TPSA) is 12.9 Å². The molecule has 0 spiro atoms. The molecule has 0 fully saturated rings. The fourth-order valence-corrected chi connectivity index (χ4v) is 0.904. The number of rotatable bonds is 2. The third-order valence-corrected chi connectivity index (χ3v) is 1.38. The van der Waals surface area contributed by atoms with Crippen molar-refractivity contribution in [1.82, 2.24) is 4.98 Å². The fraction of sp³-hybridized carbons (Fsp3) is 0.444. The van der Waals surface area contributed by atoms with E-state index in [-0.39, 0.29) is 0 Å². The molecule has 1 heteroatoms. The van der Waals surface area contributed by atoms with Gasteiger partial charge in [-0.05, 0) is 25.0 Å². The minimum Gasteiger partial charge on any atom is -0.261 e. The molecule has 0 bridgehead atoms. The summed E-state index contributed by atoms with van der Waals surface area (Å²) in [4.78, 5) is 4.17. The maximum Gasteiger partial charge on any atom is 0.0485 e. The number of aromatic nitrogens is 1. The Kier molecular flexibility index (Phi) is 2.43. The first-order valence-electron chi connectivity index (χ1n) is 3.66. The lowest BCUT2D eigenvalue weighted by molar-refractivity contribution is 0.878. The molecule has 0 saturated heterocycles. The third-order valence-electron chi connectivity index (χ3n) is 1.38. The second kappa shape index (κ2) is 3.35. The van der Waals surface area contributed by atoms with Crippen LogP contribution in [0.3, 0.4) is 0 Å². The number of hydrogen-bond donors (Lipinski definition) is 0. The van der Waals surface area contributed by atoms with E-state index in [9.17, 15) is 0 Å². The van der Waals surface area contributed by atoms with Crippen LogP contribution in [0.25, 0.3) is 0 Å². The zero-order chi connectivity index (χ0) is 7.40. The largest absolute Gasteiger partial charge is 0.261 e. The molecule has 53 valence electrons. The van der Waals surface area contributed by atoms with Gasteiger partial charge in [-0.3, -0.25) is 4.98 Å². The van der Waals surface area contributed by atoms with Crippen LogP contribution in [0, 0.1) is 13.0 Å². The van der Waals surface area contributed by atoms with Gasteiger partial charge in [-0.25, -0.2) is 0 Å². The lowest BCUT2D eigenvalue weighted by Crippen LogP contribution is -1.88.